The predicted octanol–water partition coefficient (Wildman–Crippen LogP) is 3.98. The topological polar surface area (TPSA) is 61.8 Å². The van der Waals surface area contributed by atoms with Gasteiger partial charge in [0.05, 0.1) is 11.6 Å². The molecule has 0 spiro atoms. The monoisotopic (exact) mass is 442 g/mol. The molecule has 0 fully saturated rings. The van der Waals surface area contributed by atoms with Crippen LogP contribution in [-0.2, 0) is 9.53 Å². The second kappa shape index (κ2) is 8.12. The predicted molar refractivity (Wildman–Crippen MR) is 90.8 cm³/mol. The summed E-state index contributed by atoms with van der Waals surface area (Å²) < 4.78 is 16.8. The molecule has 0 aliphatic rings. The normalized spacial score (nSPS) is 10.0. The zero-order chi connectivity index (χ0) is 16.8. The molecule has 0 radical (unpaired) electrons. The largest absolute Gasteiger partial charge is 0.481 e. The average Bonchev–Trinajstić information content (AvgIpc) is 2.54. The molecule has 0 aliphatic carbocycles. The summed E-state index contributed by atoms with van der Waals surface area (Å²) >= 11 is 6.66. The highest BCUT2D eigenvalue weighted by atomic mass is 79.9. The van der Waals surface area contributed by atoms with Crippen molar-refractivity contribution in [1.29, 1.82) is 0 Å². The van der Waals surface area contributed by atoms with Crippen molar-refractivity contribution in [3.8, 4) is 11.5 Å². The quantitative estimate of drug-likeness (QED) is 0.516. The van der Waals surface area contributed by atoms with Gasteiger partial charge >= 0.3 is 11.9 Å². The molecule has 23 heavy (non-hydrogen) atoms. The average molecular weight is 444 g/mol. The van der Waals surface area contributed by atoms with Gasteiger partial charge in [0.2, 0.25) is 0 Å². The molecule has 0 N–H and O–H groups in total. The van der Waals surface area contributed by atoms with Gasteiger partial charge in [-0.3, -0.25) is 0 Å². The molecule has 5 nitrogen and oxygen atoms in total. The Balaban J connectivity index is 2.01. The van der Waals surface area contributed by atoms with Crippen molar-refractivity contribution in [2.75, 3.05) is 13.7 Å². The summed E-state index contributed by atoms with van der Waals surface area (Å²) in [4.78, 5) is 23.5. The van der Waals surface area contributed by atoms with Crippen molar-refractivity contribution < 1.29 is 23.8 Å². The van der Waals surface area contributed by atoms with E-state index in [-0.39, 0.29) is 17.9 Å². The first-order valence-electron chi connectivity index (χ1n) is 6.47. The maximum absolute atomic E-state index is 11.9. The Kier molecular flexibility index (Phi) is 6.18. The molecule has 0 saturated carbocycles. The molecule has 0 aromatic heterocycles. The highest BCUT2D eigenvalue weighted by Crippen LogP contribution is 2.28. The third kappa shape index (κ3) is 4.80. The molecule has 0 atom stereocenters. The maximum Gasteiger partial charge on any atom is 0.349 e. The minimum Gasteiger partial charge on any atom is -0.481 e. The van der Waals surface area contributed by atoms with Crippen LogP contribution in [0.25, 0.3) is 0 Å². The molecule has 0 unspecified atom stereocenters. The summed E-state index contributed by atoms with van der Waals surface area (Å²) in [5.74, 6) is -0.574. The number of carbonyl (C=O) groups is 2. The highest BCUT2D eigenvalue weighted by Gasteiger charge is 2.16. The number of halogens is 2. The van der Waals surface area contributed by atoms with Crippen molar-refractivity contribution in [2.45, 2.75) is 0 Å². The van der Waals surface area contributed by atoms with Crippen LogP contribution in [-0.4, -0.2) is 25.7 Å². The van der Waals surface area contributed by atoms with E-state index in [9.17, 15) is 9.59 Å². The molecule has 2 rings (SSSR count). The minimum atomic E-state index is -0.629. The summed E-state index contributed by atoms with van der Waals surface area (Å²) in [6.45, 7) is -0.296. The van der Waals surface area contributed by atoms with Crippen molar-refractivity contribution >= 4 is 43.8 Å². The van der Waals surface area contributed by atoms with Crippen LogP contribution in [0, 0.1) is 0 Å². The van der Waals surface area contributed by atoms with Crippen LogP contribution in [0.3, 0.4) is 0 Å². The summed E-state index contributed by atoms with van der Waals surface area (Å²) in [5, 5.41) is 0. The van der Waals surface area contributed by atoms with Crippen molar-refractivity contribution in [3.05, 3.63) is 57.0 Å². The second-order valence-electron chi connectivity index (χ2n) is 4.33. The summed E-state index contributed by atoms with van der Waals surface area (Å²) in [6.07, 6.45) is 0. The fourth-order valence-corrected chi connectivity index (χ4v) is 2.88. The van der Waals surface area contributed by atoms with E-state index in [1.165, 1.54) is 19.2 Å². The molecule has 0 saturated heterocycles. The molecular weight excluding hydrogens is 432 g/mol. The van der Waals surface area contributed by atoms with E-state index < -0.39 is 11.9 Å². The Morgan fingerprint density at radius 3 is 2.48 bits per heavy atom. The van der Waals surface area contributed by atoms with Crippen LogP contribution in [0.5, 0.6) is 11.5 Å². The van der Waals surface area contributed by atoms with Crippen molar-refractivity contribution in [2.24, 2.45) is 0 Å². The molecule has 2 aromatic carbocycles. The lowest BCUT2D eigenvalue weighted by Gasteiger charge is -2.10. The number of esters is 2. The number of carbonyl (C=O) groups excluding carboxylic acids is 2. The van der Waals surface area contributed by atoms with E-state index >= 15 is 0 Å². The number of para-hydroxylation sites is 1. The van der Waals surface area contributed by atoms with Crippen LogP contribution in [0.1, 0.15) is 10.4 Å². The zero-order valence-electron chi connectivity index (χ0n) is 12.0. The summed E-state index contributed by atoms with van der Waals surface area (Å²) in [6, 6.07) is 11.6. The fourth-order valence-electron chi connectivity index (χ4n) is 1.72. The Labute approximate surface area is 149 Å². The Morgan fingerprint density at radius 2 is 1.78 bits per heavy atom. The van der Waals surface area contributed by atoms with E-state index in [0.29, 0.717) is 10.2 Å². The van der Waals surface area contributed by atoms with E-state index in [4.69, 9.17) is 9.47 Å². The molecule has 0 heterocycles. The SMILES string of the molecule is COC(=O)c1ccccc1OC(=O)COc1ccc(Br)cc1Br. The Bertz CT molecular complexity index is 730. The first-order chi connectivity index (χ1) is 11.0. The third-order valence-electron chi connectivity index (χ3n) is 2.76. The van der Waals surface area contributed by atoms with Gasteiger partial charge in [0.25, 0.3) is 0 Å². The molecule has 0 amide bonds. The van der Waals surface area contributed by atoms with Gasteiger partial charge in [0.1, 0.15) is 17.1 Å². The first-order valence-corrected chi connectivity index (χ1v) is 8.05. The number of rotatable bonds is 5. The summed E-state index contributed by atoms with van der Waals surface area (Å²) in [7, 11) is 1.26. The van der Waals surface area contributed by atoms with Crippen molar-refractivity contribution in [1.82, 2.24) is 0 Å². The number of hydrogen-bond donors (Lipinski definition) is 0. The van der Waals surface area contributed by atoms with Gasteiger partial charge in [-0.2, -0.15) is 0 Å². The number of methoxy groups -OCH3 is 1. The van der Waals surface area contributed by atoms with Gasteiger partial charge in [-0.05, 0) is 46.3 Å². The first kappa shape index (κ1) is 17.5. The maximum atomic E-state index is 11.9. The van der Waals surface area contributed by atoms with Crippen LogP contribution < -0.4 is 9.47 Å². The number of ether oxygens (including phenoxy) is 3. The number of hydrogen-bond acceptors (Lipinski definition) is 5. The zero-order valence-corrected chi connectivity index (χ0v) is 15.2. The lowest BCUT2D eigenvalue weighted by Crippen LogP contribution is -2.19. The van der Waals surface area contributed by atoms with Crippen LogP contribution in [0.2, 0.25) is 0 Å². The number of benzene rings is 2. The van der Waals surface area contributed by atoms with Crippen molar-refractivity contribution in [3.63, 3.8) is 0 Å². The van der Waals surface area contributed by atoms with E-state index in [1.54, 1.807) is 30.3 Å². The standard InChI is InChI=1S/C16H12Br2O5/c1-21-16(20)11-4-2-3-5-13(11)23-15(19)9-22-14-7-6-10(17)8-12(14)18/h2-8H,9H2,1H3. The highest BCUT2D eigenvalue weighted by molar-refractivity contribution is 9.11. The van der Waals surface area contributed by atoms with Gasteiger partial charge in [-0.15, -0.1) is 0 Å². The molecule has 120 valence electrons. The Morgan fingerprint density at radius 1 is 1.04 bits per heavy atom. The van der Waals surface area contributed by atoms with Gasteiger partial charge in [-0.1, -0.05) is 28.1 Å². The van der Waals surface area contributed by atoms with Gasteiger partial charge < -0.3 is 14.2 Å². The van der Waals surface area contributed by atoms with E-state index in [1.807, 2.05) is 0 Å². The molecule has 2 aromatic rings. The molecule has 0 bridgehead atoms. The molecule has 0 aliphatic heterocycles. The van der Waals surface area contributed by atoms with E-state index in [2.05, 4.69) is 36.6 Å². The lowest BCUT2D eigenvalue weighted by molar-refractivity contribution is -0.136. The Hall–Kier alpha value is -1.86. The van der Waals surface area contributed by atoms with E-state index in [0.717, 1.165) is 4.47 Å². The minimum absolute atomic E-state index is 0.128. The second-order valence-corrected chi connectivity index (χ2v) is 6.10. The van der Waals surface area contributed by atoms with Gasteiger partial charge in [-0.25, -0.2) is 9.59 Å². The van der Waals surface area contributed by atoms with Crippen LogP contribution in [0.15, 0.2) is 51.4 Å². The van der Waals surface area contributed by atoms with Gasteiger partial charge in [0.15, 0.2) is 6.61 Å². The van der Waals surface area contributed by atoms with Crippen LogP contribution in [0.4, 0.5) is 0 Å². The lowest BCUT2D eigenvalue weighted by atomic mass is 10.2. The van der Waals surface area contributed by atoms with Gasteiger partial charge in [0, 0.05) is 4.47 Å². The molecule has 7 heteroatoms. The smallest absolute Gasteiger partial charge is 0.349 e. The molecular formula is C16H12Br2O5. The van der Waals surface area contributed by atoms with Crippen LogP contribution >= 0.6 is 31.9 Å². The third-order valence-corrected chi connectivity index (χ3v) is 3.87. The fraction of sp³-hybridized carbons (Fsp3) is 0.125. The summed E-state index contributed by atoms with van der Waals surface area (Å²) in [5.41, 5.74) is 0.174.